The summed E-state index contributed by atoms with van der Waals surface area (Å²) in [6.07, 6.45) is -2.85. The van der Waals surface area contributed by atoms with Crippen LogP contribution in [0.2, 0.25) is 0 Å². The first-order valence-corrected chi connectivity index (χ1v) is 8.16. The Labute approximate surface area is 158 Å². The van der Waals surface area contributed by atoms with Gasteiger partial charge in [-0.3, -0.25) is 0 Å². The Hall–Kier alpha value is -3.69. The molecule has 3 N–H and O–H groups in total. The lowest BCUT2D eigenvalue weighted by Gasteiger charge is -2.11. The van der Waals surface area contributed by atoms with Crippen molar-refractivity contribution in [3.05, 3.63) is 65.7 Å². The molecule has 0 spiro atoms. The zero-order valence-corrected chi connectivity index (χ0v) is 14.7. The quantitative estimate of drug-likeness (QED) is 0.436. The SMILES string of the molecule is CNc1nc(NN=Cc2ccccc2)nc(Nc2cccc(C(F)(F)F)c2)n1. The summed E-state index contributed by atoms with van der Waals surface area (Å²) in [7, 11) is 1.61. The van der Waals surface area contributed by atoms with Crippen LogP contribution in [0.4, 0.5) is 36.7 Å². The molecule has 0 fully saturated rings. The van der Waals surface area contributed by atoms with Crippen molar-refractivity contribution in [2.45, 2.75) is 6.18 Å². The molecule has 1 heterocycles. The number of hydrogen-bond acceptors (Lipinski definition) is 7. The summed E-state index contributed by atoms with van der Waals surface area (Å²) in [6, 6.07) is 14.1. The predicted octanol–water partition coefficient (Wildman–Crippen LogP) is 4.12. The Morgan fingerprint density at radius 3 is 2.32 bits per heavy atom. The molecule has 3 rings (SSSR count). The molecule has 0 aliphatic heterocycles. The minimum Gasteiger partial charge on any atom is -0.357 e. The molecule has 0 radical (unpaired) electrons. The number of nitrogens with zero attached hydrogens (tertiary/aromatic N) is 4. The molecule has 0 saturated carbocycles. The molecule has 3 aromatic rings. The van der Waals surface area contributed by atoms with E-state index in [1.807, 2.05) is 30.3 Å². The summed E-state index contributed by atoms with van der Waals surface area (Å²) < 4.78 is 38.6. The Kier molecular flexibility index (Phi) is 5.68. The van der Waals surface area contributed by atoms with Crippen molar-refractivity contribution in [1.29, 1.82) is 0 Å². The summed E-state index contributed by atoms with van der Waals surface area (Å²) in [5.41, 5.74) is 2.98. The maximum atomic E-state index is 12.9. The number of halogens is 3. The van der Waals surface area contributed by atoms with Gasteiger partial charge in [0, 0.05) is 12.7 Å². The lowest BCUT2D eigenvalue weighted by Crippen LogP contribution is -2.08. The van der Waals surface area contributed by atoms with E-state index in [4.69, 9.17) is 0 Å². The number of hydrogen-bond donors (Lipinski definition) is 3. The van der Waals surface area contributed by atoms with Gasteiger partial charge in [-0.05, 0) is 23.8 Å². The van der Waals surface area contributed by atoms with Crippen LogP contribution in [0.3, 0.4) is 0 Å². The van der Waals surface area contributed by atoms with Gasteiger partial charge in [0.05, 0.1) is 11.8 Å². The normalized spacial score (nSPS) is 11.4. The van der Waals surface area contributed by atoms with Gasteiger partial charge in [-0.25, -0.2) is 5.43 Å². The van der Waals surface area contributed by atoms with Crippen molar-refractivity contribution in [3.63, 3.8) is 0 Å². The number of aromatic nitrogens is 3. The molecule has 0 aliphatic carbocycles. The average molecular weight is 387 g/mol. The van der Waals surface area contributed by atoms with E-state index in [0.717, 1.165) is 17.7 Å². The molecule has 7 nitrogen and oxygen atoms in total. The highest BCUT2D eigenvalue weighted by atomic mass is 19.4. The first kappa shape index (κ1) is 19.1. The fraction of sp³-hybridized carbons (Fsp3) is 0.111. The van der Waals surface area contributed by atoms with Gasteiger partial charge >= 0.3 is 6.18 Å². The first-order chi connectivity index (χ1) is 13.4. The van der Waals surface area contributed by atoms with Crippen LogP contribution in [0.25, 0.3) is 0 Å². The highest BCUT2D eigenvalue weighted by Crippen LogP contribution is 2.31. The fourth-order valence-electron chi connectivity index (χ4n) is 2.20. The molecule has 1 aromatic heterocycles. The van der Waals surface area contributed by atoms with Gasteiger partial charge in [-0.15, -0.1) is 0 Å². The third-order valence-electron chi connectivity index (χ3n) is 3.48. The van der Waals surface area contributed by atoms with E-state index in [1.165, 1.54) is 12.1 Å². The van der Waals surface area contributed by atoms with E-state index in [2.05, 4.69) is 36.1 Å². The van der Waals surface area contributed by atoms with E-state index < -0.39 is 11.7 Å². The lowest BCUT2D eigenvalue weighted by molar-refractivity contribution is -0.137. The number of anilines is 4. The Morgan fingerprint density at radius 2 is 1.61 bits per heavy atom. The Bertz CT molecular complexity index is 959. The second kappa shape index (κ2) is 8.33. The Balaban J connectivity index is 1.78. The van der Waals surface area contributed by atoms with Crippen molar-refractivity contribution in [2.75, 3.05) is 23.1 Å². The Morgan fingerprint density at radius 1 is 0.893 bits per heavy atom. The second-order valence-electron chi connectivity index (χ2n) is 5.54. The third kappa shape index (κ3) is 5.16. The zero-order valence-electron chi connectivity index (χ0n) is 14.7. The second-order valence-corrected chi connectivity index (χ2v) is 5.54. The van der Waals surface area contributed by atoms with Gasteiger partial charge in [0.2, 0.25) is 17.8 Å². The molecule has 0 atom stereocenters. The van der Waals surface area contributed by atoms with Crippen LogP contribution in [0.15, 0.2) is 59.7 Å². The van der Waals surface area contributed by atoms with Gasteiger partial charge in [0.25, 0.3) is 0 Å². The molecule has 0 saturated heterocycles. The number of hydrazone groups is 1. The number of rotatable bonds is 6. The largest absolute Gasteiger partial charge is 0.416 e. The maximum absolute atomic E-state index is 12.9. The van der Waals surface area contributed by atoms with Gasteiger partial charge in [0.15, 0.2) is 0 Å². The van der Waals surface area contributed by atoms with Crippen LogP contribution in [-0.4, -0.2) is 28.2 Å². The minimum atomic E-state index is -4.44. The molecule has 0 aliphatic rings. The highest BCUT2D eigenvalue weighted by Gasteiger charge is 2.30. The summed E-state index contributed by atoms with van der Waals surface area (Å²) in [4.78, 5) is 12.3. The summed E-state index contributed by atoms with van der Waals surface area (Å²) in [6.45, 7) is 0. The standard InChI is InChI=1S/C18H16F3N7/c1-22-15-25-16(24-14-9-5-8-13(10-14)18(19,20)21)27-17(26-15)28-23-11-12-6-3-2-4-7-12/h2-11H,1H3,(H3,22,24,25,26,27,28). The smallest absolute Gasteiger partial charge is 0.357 e. The van der Waals surface area contributed by atoms with Gasteiger partial charge in [-0.2, -0.15) is 33.2 Å². The zero-order chi connectivity index (χ0) is 20.0. The van der Waals surface area contributed by atoms with Gasteiger partial charge in [-0.1, -0.05) is 36.4 Å². The number of nitrogens with one attached hydrogen (secondary N) is 3. The van der Waals surface area contributed by atoms with Crippen molar-refractivity contribution < 1.29 is 13.2 Å². The van der Waals surface area contributed by atoms with Crippen LogP contribution in [0.1, 0.15) is 11.1 Å². The summed E-state index contributed by atoms with van der Waals surface area (Å²) in [5, 5.41) is 9.56. The van der Waals surface area contributed by atoms with Gasteiger partial charge < -0.3 is 10.6 Å². The summed E-state index contributed by atoms with van der Waals surface area (Å²) >= 11 is 0. The van der Waals surface area contributed by atoms with Crippen LogP contribution in [0.5, 0.6) is 0 Å². The van der Waals surface area contributed by atoms with E-state index in [-0.39, 0.29) is 23.5 Å². The molecule has 144 valence electrons. The van der Waals surface area contributed by atoms with E-state index >= 15 is 0 Å². The molecule has 0 unspecified atom stereocenters. The van der Waals surface area contributed by atoms with E-state index in [9.17, 15) is 13.2 Å². The average Bonchev–Trinajstić information content (AvgIpc) is 2.68. The molecular weight excluding hydrogens is 371 g/mol. The topological polar surface area (TPSA) is 87.1 Å². The third-order valence-corrected chi connectivity index (χ3v) is 3.48. The highest BCUT2D eigenvalue weighted by molar-refractivity contribution is 5.79. The first-order valence-electron chi connectivity index (χ1n) is 8.16. The van der Waals surface area contributed by atoms with Crippen molar-refractivity contribution in [1.82, 2.24) is 15.0 Å². The maximum Gasteiger partial charge on any atom is 0.416 e. The lowest BCUT2D eigenvalue weighted by atomic mass is 10.2. The summed E-state index contributed by atoms with van der Waals surface area (Å²) in [5.74, 6) is 0.416. The van der Waals surface area contributed by atoms with E-state index in [0.29, 0.717) is 0 Å². The molecule has 0 bridgehead atoms. The monoisotopic (exact) mass is 387 g/mol. The van der Waals surface area contributed by atoms with Crippen LogP contribution >= 0.6 is 0 Å². The van der Waals surface area contributed by atoms with Gasteiger partial charge in [0.1, 0.15) is 0 Å². The molecule has 10 heteroatoms. The van der Waals surface area contributed by atoms with Crippen LogP contribution < -0.4 is 16.1 Å². The molecule has 0 amide bonds. The van der Waals surface area contributed by atoms with Crippen LogP contribution in [-0.2, 0) is 6.18 Å². The molecular formula is C18H16F3N7. The minimum absolute atomic E-state index is 0.0658. The van der Waals surface area contributed by atoms with Crippen molar-refractivity contribution >= 4 is 29.7 Å². The van der Waals surface area contributed by atoms with Crippen LogP contribution in [0, 0.1) is 0 Å². The molecule has 2 aromatic carbocycles. The molecule has 28 heavy (non-hydrogen) atoms. The fourth-order valence-corrected chi connectivity index (χ4v) is 2.20. The van der Waals surface area contributed by atoms with E-state index in [1.54, 1.807) is 13.3 Å². The predicted molar refractivity (Wildman–Crippen MR) is 102 cm³/mol. The van der Waals surface area contributed by atoms with Crippen molar-refractivity contribution in [3.8, 4) is 0 Å². The number of benzene rings is 2. The number of alkyl halides is 3. The van der Waals surface area contributed by atoms with Crippen molar-refractivity contribution in [2.24, 2.45) is 5.10 Å².